The number of hydrogen-bond acceptors (Lipinski definition) is 7. The van der Waals surface area contributed by atoms with Crippen molar-refractivity contribution in [3.8, 4) is 22.5 Å². The third kappa shape index (κ3) is 12.7. The van der Waals surface area contributed by atoms with E-state index >= 15 is 0 Å². The van der Waals surface area contributed by atoms with Gasteiger partial charge in [0.15, 0.2) is 0 Å². The van der Waals surface area contributed by atoms with Crippen LogP contribution < -0.4 is 0 Å². The molecule has 6 nitrogen and oxygen atoms in total. The molecule has 1 aliphatic rings. The van der Waals surface area contributed by atoms with Crippen molar-refractivity contribution in [2.75, 3.05) is 0 Å². The molecule has 0 N–H and O–H groups in total. The molecule has 1 aliphatic carbocycles. The fourth-order valence-corrected chi connectivity index (χ4v) is 14.9. The average Bonchev–Trinajstić information content (AvgIpc) is 1.74. The van der Waals surface area contributed by atoms with Crippen molar-refractivity contribution in [3.63, 3.8) is 0 Å². The monoisotopic (exact) mass is 1600 g/mol. The van der Waals surface area contributed by atoms with Crippen LogP contribution in [0.4, 0.5) is 0 Å². The number of hydrogen-bond donors (Lipinski definition) is 0. The summed E-state index contributed by atoms with van der Waals surface area (Å²) in [4.78, 5) is 30.5. The Balaban J connectivity index is 0.000000178. The van der Waals surface area contributed by atoms with Gasteiger partial charge in [0.2, 0.25) is 0 Å². The van der Waals surface area contributed by atoms with Gasteiger partial charge >= 0.3 is 40.2 Å². The summed E-state index contributed by atoms with van der Waals surface area (Å²) in [7, 11) is 0. The molecule has 0 aliphatic heterocycles. The number of pyridine rings is 6. The SMILES string of the molecule is CC(c1[c-]cccc1)(c1[c-]c(-c2nc([C@](C)(c3[c-]cccc3)c3ccccn3)cc3c2sc2ccccc23)ccc1)c1ccccn1.Cc1cc(-c2cc(C3CCCC3)cc([C@](C)(c3[c-]cccc3)c3ccccn3)n2)[c-]c(C(C)(c2[c-]cccc2)c2ccccn2)c1.[Ir+3].[Ir+3]. The summed E-state index contributed by atoms with van der Waals surface area (Å²) in [6, 6.07) is 105. The zero-order valence-electron chi connectivity index (χ0n) is 53.6. The van der Waals surface area contributed by atoms with E-state index in [9.17, 15) is 0 Å². The van der Waals surface area contributed by atoms with E-state index < -0.39 is 21.7 Å². The molecule has 2 unspecified atom stereocenters. The van der Waals surface area contributed by atoms with E-state index in [1.165, 1.54) is 46.7 Å². The molecular formula is C86H68Ir2N6S. The molecule has 0 saturated heterocycles. The standard InChI is InChI=1S/C43H30N3S.C43H38N3.2Ir/c1-42(31-17-5-3-6-18-31,37-24-11-13-26-44-37)33-21-15-16-30(28-33)40-41-35(34-22-9-10-23-36(34)47-41)29-39(46-40)43(2,32-19-7-4-8-20-32)38-25-12-14-27-45-38;1-31-26-34(28-37(27-31)42(2,35-18-6-4-7-19-35)39-22-12-14-24-44-39)38-29-33(32-16-10-11-17-32)30-41(46-38)43(3,36-20-8-5-9-21-36)40-23-13-15-25-45-40;;/h3-17,19,21-27,29H,1-2H3;4-9,12-15,18,20,22-27,29-30,32H,10-11,16-17H2,1-3H3;;/q2*-3;2*+3/t2*42?,43-;;/m11../s1. The molecule has 0 bridgehead atoms. The van der Waals surface area contributed by atoms with Gasteiger partial charge in [-0.1, -0.05) is 73.9 Å². The van der Waals surface area contributed by atoms with Gasteiger partial charge in [-0.25, -0.2) is 0 Å². The zero-order chi connectivity index (χ0) is 63.4. The van der Waals surface area contributed by atoms with Crippen molar-refractivity contribution in [2.45, 2.75) is 87.9 Å². The van der Waals surface area contributed by atoms with Gasteiger partial charge in [-0.15, -0.1) is 104 Å². The van der Waals surface area contributed by atoms with E-state index in [0.29, 0.717) is 5.92 Å². The van der Waals surface area contributed by atoms with Crippen LogP contribution in [0.1, 0.15) is 138 Å². The summed E-state index contributed by atoms with van der Waals surface area (Å²) >= 11 is 1.78. The van der Waals surface area contributed by atoms with Crippen LogP contribution >= 0.6 is 11.3 Å². The number of rotatable bonds is 15. The fourth-order valence-electron chi connectivity index (χ4n) is 13.7. The van der Waals surface area contributed by atoms with Crippen LogP contribution in [0, 0.1) is 43.3 Å². The maximum Gasteiger partial charge on any atom is 3.00 e. The summed E-state index contributed by atoms with van der Waals surface area (Å²) in [6.45, 7) is 11.0. The fraction of sp³-hybridized carbons (Fsp3) is 0.163. The van der Waals surface area contributed by atoms with Crippen molar-refractivity contribution in [2.24, 2.45) is 0 Å². The van der Waals surface area contributed by atoms with Crippen molar-refractivity contribution >= 4 is 31.5 Å². The minimum atomic E-state index is -0.659. The van der Waals surface area contributed by atoms with Gasteiger partial charge in [-0.3, -0.25) is 24.9 Å². The Hall–Kier alpha value is -9.04. The molecule has 1 saturated carbocycles. The van der Waals surface area contributed by atoms with Crippen molar-refractivity contribution < 1.29 is 40.2 Å². The van der Waals surface area contributed by atoms with Crippen molar-refractivity contribution in [1.29, 1.82) is 0 Å². The van der Waals surface area contributed by atoms with E-state index in [-0.39, 0.29) is 40.2 Å². The molecule has 14 aromatic rings. The van der Waals surface area contributed by atoms with Crippen LogP contribution in [0.2, 0.25) is 0 Å². The molecular weight excluding hydrogens is 1530 g/mol. The number of fused-ring (bicyclic) bond motifs is 3. The zero-order valence-corrected chi connectivity index (χ0v) is 59.2. The number of benzene rings is 7. The molecule has 9 heteroatoms. The van der Waals surface area contributed by atoms with Gasteiger partial charge in [-0.05, 0) is 130 Å². The predicted octanol–water partition coefficient (Wildman–Crippen LogP) is 19.6. The molecule has 15 rings (SSSR count). The Kier molecular flexibility index (Phi) is 19.8. The van der Waals surface area contributed by atoms with Gasteiger partial charge in [0.1, 0.15) is 0 Å². The van der Waals surface area contributed by atoms with E-state index in [1.807, 2.05) is 110 Å². The summed E-state index contributed by atoms with van der Waals surface area (Å²) in [5.74, 6) is 0.509. The molecule has 7 heterocycles. The van der Waals surface area contributed by atoms with Gasteiger partial charge in [-0.2, -0.15) is 121 Å². The topological polar surface area (TPSA) is 77.3 Å². The molecule has 7 aromatic carbocycles. The van der Waals surface area contributed by atoms with Crippen LogP contribution in [0.25, 0.3) is 42.7 Å². The summed E-state index contributed by atoms with van der Waals surface area (Å²) in [5, 5.41) is 2.39. The Labute approximate surface area is 589 Å². The third-order valence-electron chi connectivity index (χ3n) is 19.2. The van der Waals surface area contributed by atoms with Crippen LogP contribution in [-0.2, 0) is 61.9 Å². The molecule has 466 valence electrons. The second kappa shape index (κ2) is 28.5. The number of aromatic nitrogens is 6. The summed E-state index contributed by atoms with van der Waals surface area (Å²) in [6.07, 6.45) is 12.4. The number of nitrogens with zero attached hydrogens (tertiary/aromatic N) is 6. The number of thiophene rings is 1. The maximum atomic E-state index is 5.56. The van der Waals surface area contributed by atoms with Crippen LogP contribution in [0.5, 0.6) is 0 Å². The first-order valence-corrected chi connectivity index (χ1v) is 32.8. The van der Waals surface area contributed by atoms with Gasteiger partial charge in [0.25, 0.3) is 0 Å². The Morgan fingerprint density at radius 3 is 1.32 bits per heavy atom. The molecule has 95 heavy (non-hydrogen) atoms. The van der Waals surface area contributed by atoms with Crippen LogP contribution in [0.15, 0.2) is 267 Å². The minimum absolute atomic E-state index is 0. The van der Waals surface area contributed by atoms with Gasteiger partial charge in [0.05, 0.1) is 33.6 Å². The van der Waals surface area contributed by atoms with Gasteiger partial charge < -0.3 is 4.98 Å². The Morgan fingerprint density at radius 1 is 0.379 bits per heavy atom. The van der Waals surface area contributed by atoms with Crippen molar-refractivity contribution in [3.05, 3.63) is 383 Å². The number of aryl methyl sites for hydroxylation is 1. The average molecular weight is 1600 g/mol. The third-order valence-corrected chi connectivity index (χ3v) is 20.4. The summed E-state index contributed by atoms with van der Waals surface area (Å²) < 4.78 is 2.36. The second-order valence-corrected chi connectivity index (χ2v) is 26.0. The Bertz CT molecular complexity index is 4700. The molecule has 4 atom stereocenters. The quantitative estimate of drug-likeness (QED) is 0.0952. The molecule has 0 amide bonds. The smallest absolute Gasteiger partial charge is 0.300 e. The molecule has 7 aromatic heterocycles. The van der Waals surface area contributed by atoms with E-state index in [1.54, 1.807) is 11.3 Å². The Morgan fingerprint density at radius 2 is 0.821 bits per heavy atom. The van der Waals surface area contributed by atoms with Crippen LogP contribution in [0.3, 0.4) is 0 Å². The molecule has 0 radical (unpaired) electrons. The predicted molar refractivity (Wildman–Crippen MR) is 376 cm³/mol. The van der Waals surface area contributed by atoms with Crippen molar-refractivity contribution in [1.82, 2.24) is 29.9 Å². The van der Waals surface area contributed by atoms with E-state index in [2.05, 4.69) is 229 Å². The second-order valence-electron chi connectivity index (χ2n) is 24.9. The first-order chi connectivity index (χ1) is 45.5. The van der Waals surface area contributed by atoms with Crippen LogP contribution in [-0.4, -0.2) is 29.9 Å². The van der Waals surface area contributed by atoms with E-state index in [4.69, 9.17) is 29.9 Å². The first-order valence-electron chi connectivity index (χ1n) is 32.0. The minimum Gasteiger partial charge on any atom is -0.300 e. The molecule has 1 fully saturated rings. The largest absolute Gasteiger partial charge is 3.00 e. The normalized spacial score (nSPS) is 14.7. The maximum absolute atomic E-state index is 5.56. The van der Waals surface area contributed by atoms with E-state index in [0.717, 1.165) is 100 Å². The summed E-state index contributed by atoms with van der Waals surface area (Å²) in [5.41, 5.74) is 15.7. The van der Waals surface area contributed by atoms with Gasteiger partial charge in [0, 0.05) is 62.1 Å². The first kappa shape index (κ1) is 66.0. The molecule has 0 spiro atoms.